The van der Waals surface area contributed by atoms with E-state index in [0.717, 1.165) is 10.6 Å². The van der Waals surface area contributed by atoms with Gasteiger partial charge in [0.1, 0.15) is 6.54 Å². The van der Waals surface area contributed by atoms with Gasteiger partial charge in [-0.1, -0.05) is 29.8 Å². The van der Waals surface area contributed by atoms with Gasteiger partial charge in [-0.3, -0.25) is 18.6 Å². The Bertz CT molecular complexity index is 1520. The van der Waals surface area contributed by atoms with E-state index in [4.69, 9.17) is 11.6 Å². The molecule has 0 saturated carbocycles. The van der Waals surface area contributed by atoms with Crippen LogP contribution in [0.25, 0.3) is 0 Å². The minimum atomic E-state index is -3.92. The molecule has 0 bridgehead atoms. The summed E-state index contributed by atoms with van der Waals surface area (Å²) in [5, 5.41) is 2.97. The normalized spacial score (nSPS) is 11.6. The molecule has 3 aromatic rings. The van der Waals surface area contributed by atoms with E-state index in [1.165, 1.54) is 49.4 Å². The first kappa shape index (κ1) is 27.2. The molecule has 0 radical (unpaired) electrons. The van der Waals surface area contributed by atoms with Crippen LogP contribution in [0.4, 0.5) is 17.1 Å². The van der Waals surface area contributed by atoms with Crippen molar-refractivity contribution in [1.82, 2.24) is 0 Å². The van der Waals surface area contributed by atoms with Crippen LogP contribution in [0.1, 0.15) is 22.8 Å². The molecule has 0 unspecified atom stereocenters. The van der Waals surface area contributed by atoms with Gasteiger partial charge >= 0.3 is 0 Å². The van der Waals surface area contributed by atoms with E-state index in [1.54, 1.807) is 31.2 Å². The first-order chi connectivity index (χ1) is 16.8. The fraction of sp³-hybridized carbons (Fsp3) is 0.167. The van der Waals surface area contributed by atoms with Crippen molar-refractivity contribution in [1.29, 1.82) is 0 Å². The molecule has 12 heteroatoms. The molecule has 0 aliphatic rings. The van der Waals surface area contributed by atoms with Gasteiger partial charge in [-0.05, 0) is 67.9 Å². The highest BCUT2D eigenvalue weighted by Gasteiger charge is 2.22. The van der Waals surface area contributed by atoms with Crippen molar-refractivity contribution in [2.24, 2.45) is 0 Å². The van der Waals surface area contributed by atoms with Gasteiger partial charge in [0.15, 0.2) is 5.78 Å². The molecule has 3 aromatic carbocycles. The molecule has 2 N–H and O–H groups in total. The number of hydrogen-bond donors (Lipinski definition) is 2. The highest BCUT2D eigenvalue weighted by molar-refractivity contribution is 7.92. The van der Waals surface area contributed by atoms with Gasteiger partial charge in [0.2, 0.25) is 15.9 Å². The Balaban J connectivity index is 1.75. The third kappa shape index (κ3) is 6.62. The number of nitrogens with zero attached hydrogens (tertiary/aromatic N) is 1. The molecule has 36 heavy (non-hydrogen) atoms. The third-order valence-electron chi connectivity index (χ3n) is 5.19. The summed E-state index contributed by atoms with van der Waals surface area (Å²) >= 11 is 6.05. The van der Waals surface area contributed by atoms with E-state index in [1.807, 2.05) is 0 Å². The Kier molecular flexibility index (Phi) is 8.07. The van der Waals surface area contributed by atoms with E-state index in [2.05, 4.69) is 10.0 Å². The van der Waals surface area contributed by atoms with Crippen molar-refractivity contribution in [2.75, 3.05) is 27.1 Å². The van der Waals surface area contributed by atoms with Crippen LogP contribution < -0.4 is 14.3 Å². The average molecular weight is 550 g/mol. The molecule has 0 atom stereocenters. The Labute approximate surface area is 215 Å². The Hall–Kier alpha value is -3.41. The third-order valence-corrected chi connectivity index (χ3v) is 8.12. The quantitative estimate of drug-likeness (QED) is 0.387. The van der Waals surface area contributed by atoms with Gasteiger partial charge < -0.3 is 5.32 Å². The maximum atomic E-state index is 12.7. The van der Waals surface area contributed by atoms with Gasteiger partial charge in [-0.2, -0.15) is 0 Å². The van der Waals surface area contributed by atoms with Crippen LogP contribution in [0.15, 0.2) is 71.6 Å². The summed E-state index contributed by atoms with van der Waals surface area (Å²) in [6.07, 6.45) is 0.953. The van der Waals surface area contributed by atoms with Crippen LogP contribution in [0.3, 0.4) is 0 Å². The molecular formula is C24H24ClN3O6S2. The smallest absolute Gasteiger partial charge is 0.261 e. The van der Waals surface area contributed by atoms with Gasteiger partial charge in [-0.25, -0.2) is 16.8 Å². The van der Waals surface area contributed by atoms with Crippen molar-refractivity contribution < 1.29 is 26.4 Å². The number of anilines is 3. The van der Waals surface area contributed by atoms with E-state index in [0.29, 0.717) is 21.8 Å². The lowest BCUT2D eigenvalue weighted by Crippen LogP contribution is -2.37. The molecule has 190 valence electrons. The highest BCUT2D eigenvalue weighted by Crippen LogP contribution is 2.26. The molecule has 0 fully saturated rings. The van der Waals surface area contributed by atoms with E-state index in [9.17, 15) is 26.4 Å². The molecule has 9 nitrogen and oxygen atoms in total. The minimum Gasteiger partial charge on any atom is -0.325 e. The van der Waals surface area contributed by atoms with Crippen LogP contribution >= 0.6 is 11.6 Å². The Morgan fingerprint density at radius 2 is 1.58 bits per heavy atom. The molecular weight excluding hydrogens is 526 g/mol. The number of rotatable bonds is 9. The number of amides is 1. The number of hydrogen-bond acceptors (Lipinski definition) is 6. The molecule has 3 rings (SSSR count). The molecule has 0 aliphatic heterocycles. The summed E-state index contributed by atoms with van der Waals surface area (Å²) in [4.78, 5) is 24.2. The predicted octanol–water partition coefficient (Wildman–Crippen LogP) is 4.06. The van der Waals surface area contributed by atoms with Crippen LogP contribution in [-0.2, 0) is 24.8 Å². The maximum absolute atomic E-state index is 12.7. The van der Waals surface area contributed by atoms with Crippen molar-refractivity contribution in [3.63, 3.8) is 0 Å². The maximum Gasteiger partial charge on any atom is 0.261 e. The number of benzene rings is 3. The SMILES string of the molecule is CC(=O)c1cccc(N(CC(=O)Nc2ccc(S(=O)(=O)Nc3cccc(Cl)c3C)cc2)S(C)(=O)=O)c1. The lowest BCUT2D eigenvalue weighted by atomic mass is 10.1. The number of nitrogens with one attached hydrogen (secondary N) is 2. The molecule has 0 aliphatic carbocycles. The second-order valence-electron chi connectivity index (χ2n) is 7.97. The zero-order chi connectivity index (χ0) is 26.7. The number of carbonyl (C=O) groups is 2. The van der Waals surface area contributed by atoms with E-state index >= 15 is 0 Å². The molecule has 0 aromatic heterocycles. The number of carbonyl (C=O) groups excluding carboxylic acids is 2. The molecule has 0 heterocycles. The monoisotopic (exact) mass is 549 g/mol. The Morgan fingerprint density at radius 3 is 2.19 bits per heavy atom. The second-order valence-corrected chi connectivity index (χ2v) is 12.0. The lowest BCUT2D eigenvalue weighted by molar-refractivity contribution is -0.114. The fourth-order valence-electron chi connectivity index (χ4n) is 3.25. The number of Topliss-reactive ketones (excluding diaryl/α,β-unsaturated/α-hetero) is 1. The van der Waals surface area contributed by atoms with Gasteiger partial charge in [0, 0.05) is 16.3 Å². The first-order valence-electron chi connectivity index (χ1n) is 10.5. The number of halogens is 1. The molecule has 1 amide bonds. The van der Waals surface area contributed by atoms with Crippen LogP contribution in [0.5, 0.6) is 0 Å². The van der Waals surface area contributed by atoms with Gasteiger partial charge in [0.05, 0.1) is 22.5 Å². The van der Waals surface area contributed by atoms with Gasteiger partial charge in [0.25, 0.3) is 10.0 Å². The first-order valence-corrected chi connectivity index (χ1v) is 14.3. The number of sulfonamides is 2. The van der Waals surface area contributed by atoms with E-state index < -0.39 is 32.5 Å². The fourth-order valence-corrected chi connectivity index (χ4v) is 5.40. The van der Waals surface area contributed by atoms with Gasteiger partial charge in [-0.15, -0.1) is 0 Å². The summed E-state index contributed by atoms with van der Waals surface area (Å²) in [6, 6.07) is 16.2. The standard InChI is InChI=1S/C24H24ClN3O6S2/c1-16-22(25)8-5-9-23(16)27-36(33,34)21-12-10-19(11-13-21)26-24(30)15-28(35(3,31)32)20-7-4-6-18(14-20)17(2)29/h4-14,27H,15H2,1-3H3,(H,26,30). The van der Waals surface area contributed by atoms with Crippen LogP contribution in [-0.4, -0.2) is 41.3 Å². The van der Waals surface area contributed by atoms with Crippen molar-refractivity contribution in [2.45, 2.75) is 18.7 Å². The van der Waals surface area contributed by atoms with Crippen LogP contribution in [0, 0.1) is 6.92 Å². The zero-order valence-corrected chi connectivity index (χ0v) is 22.0. The summed E-state index contributed by atoms with van der Waals surface area (Å²) in [7, 11) is -7.77. The van der Waals surface area contributed by atoms with Crippen molar-refractivity contribution in [3.05, 3.63) is 82.9 Å². The Morgan fingerprint density at radius 1 is 0.944 bits per heavy atom. The summed E-state index contributed by atoms with van der Waals surface area (Å²) in [6.45, 7) is 2.50. The number of ketones is 1. The largest absolute Gasteiger partial charge is 0.325 e. The molecule has 0 spiro atoms. The van der Waals surface area contributed by atoms with Crippen molar-refractivity contribution in [3.8, 4) is 0 Å². The highest BCUT2D eigenvalue weighted by atomic mass is 35.5. The van der Waals surface area contributed by atoms with Crippen molar-refractivity contribution >= 4 is 60.4 Å². The topological polar surface area (TPSA) is 130 Å². The summed E-state index contributed by atoms with van der Waals surface area (Å²) < 4.78 is 53.5. The molecule has 0 saturated heterocycles. The summed E-state index contributed by atoms with van der Waals surface area (Å²) in [5.74, 6) is -0.901. The second kappa shape index (κ2) is 10.7. The zero-order valence-electron chi connectivity index (χ0n) is 19.6. The van der Waals surface area contributed by atoms with Crippen LogP contribution in [0.2, 0.25) is 5.02 Å². The minimum absolute atomic E-state index is 0.0429. The predicted molar refractivity (Wildman–Crippen MR) is 141 cm³/mol. The lowest BCUT2D eigenvalue weighted by Gasteiger charge is -2.22. The van der Waals surface area contributed by atoms with E-state index in [-0.39, 0.29) is 22.1 Å². The summed E-state index contributed by atoms with van der Waals surface area (Å²) in [5.41, 5.74) is 1.67. The average Bonchev–Trinajstić information content (AvgIpc) is 2.80.